The van der Waals surface area contributed by atoms with Crippen LogP contribution in [0.25, 0.3) is 0 Å². The van der Waals surface area contributed by atoms with Crippen LogP contribution in [0.4, 0.5) is 4.79 Å². The molecule has 0 aromatic heterocycles. The van der Waals surface area contributed by atoms with Crippen LogP contribution in [0, 0.1) is 0 Å². The molecule has 2 atom stereocenters. The second kappa shape index (κ2) is 6.97. The maximum absolute atomic E-state index is 12.2. The van der Waals surface area contributed by atoms with E-state index in [0.717, 1.165) is 25.1 Å². The number of hydrogen-bond acceptors (Lipinski definition) is 3. The molecule has 1 amide bonds. The summed E-state index contributed by atoms with van der Waals surface area (Å²) in [6.45, 7) is 11.3. The monoisotopic (exact) mass is 302 g/mol. The van der Waals surface area contributed by atoms with Crippen molar-refractivity contribution in [1.82, 2.24) is 10.2 Å². The van der Waals surface area contributed by atoms with Crippen molar-refractivity contribution in [3.8, 4) is 0 Å². The Bertz CT molecular complexity index is 508. The van der Waals surface area contributed by atoms with Gasteiger partial charge in [0.1, 0.15) is 5.60 Å². The lowest BCUT2D eigenvalue weighted by atomic mass is 9.90. The lowest BCUT2D eigenvalue weighted by molar-refractivity contribution is 0.0347. The largest absolute Gasteiger partial charge is 0.444 e. The number of nitrogens with zero attached hydrogens (tertiary/aromatic N) is 1. The Morgan fingerprint density at radius 1 is 1.45 bits per heavy atom. The molecule has 0 aliphatic carbocycles. The number of benzene rings is 1. The Hall–Kier alpha value is -1.81. The molecule has 1 aromatic carbocycles. The van der Waals surface area contributed by atoms with Crippen LogP contribution in [-0.4, -0.2) is 35.7 Å². The van der Waals surface area contributed by atoms with Gasteiger partial charge in [-0.05, 0) is 32.8 Å². The molecule has 0 saturated carbocycles. The number of nitrogens with one attached hydrogen (secondary N) is 1. The van der Waals surface area contributed by atoms with Gasteiger partial charge < -0.3 is 10.1 Å². The highest BCUT2D eigenvalue weighted by molar-refractivity contribution is 5.68. The van der Waals surface area contributed by atoms with E-state index in [2.05, 4.69) is 16.8 Å². The van der Waals surface area contributed by atoms with Gasteiger partial charge in [-0.25, -0.2) is 4.79 Å². The molecule has 4 heteroatoms. The summed E-state index contributed by atoms with van der Waals surface area (Å²) in [6, 6.07) is 10.3. The summed E-state index contributed by atoms with van der Waals surface area (Å²) in [5.41, 5.74) is 0.610. The van der Waals surface area contributed by atoms with Crippen molar-refractivity contribution in [3.05, 3.63) is 48.6 Å². The maximum atomic E-state index is 12.2. The third kappa shape index (κ3) is 4.34. The molecule has 1 fully saturated rings. The van der Waals surface area contributed by atoms with Gasteiger partial charge in [-0.1, -0.05) is 36.4 Å². The molecule has 1 N–H and O–H groups in total. The van der Waals surface area contributed by atoms with E-state index in [0.29, 0.717) is 0 Å². The van der Waals surface area contributed by atoms with Crippen LogP contribution in [0.1, 0.15) is 38.8 Å². The number of carbonyl (C=O) groups is 1. The summed E-state index contributed by atoms with van der Waals surface area (Å²) in [4.78, 5) is 14.5. The predicted octanol–water partition coefficient (Wildman–Crippen LogP) is 3.51. The quantitative estimate of drug-likeness (QED) is 0.846. The topological polar surface area (TPSA) is 41.6 Å². The van der Waals surface area contributed by atoms with Crippen LogP contribution < -0.4 is 5.32 Å². The van der Waals surface area contributed by atoms with Crippen LogP contribution in [0.3, 0.4) is 0 Å². The fourth-order valence-corrected chi connectivity index (χ4v) is 2.73. The molecule has 4 nitrogen and oxygen atoms in total. The molecular formula is C18H26N2O2. The first kappa shape index (κ1) is 16.6. The molecule has 0 spiro atoms. The first-order valence-electron chi connectivity index (χ1n) is 7.80. The van der Waals surface area contributed by atoms with Crippen LogP contribution >= 0.6 is 0 Å². The smallest absolute Gasteiger partial charge is 0.408 e. The van der Waals surface area contributed by atoms with Crippen LogP contribution in [0.15, 0.2) is 43.0 Å². The van der Waals surface area contributed by atoms with E-state index < -0.39 is 5.60 Å². The SMILES string of the molecule is C=CCN1CC[C@H]1[C@@H](NC(=O)OC(C)(C)C)c1ccccc1. The Morgan fingerprint density at radius 3 is 2.64 bits per heavy atom. The predicted molar refractivity (Wildman–Crippen MR) is 88.7 cm³/mol. The first-order valence-corrected chi connectivity index (χ1v) is 7.80. The highest BCUT2D eigenvalue weighted by atomic mass is 16.6. The fraction of sp³-hybridized carbons (Fsp3) is 0.500. The van der Waals surface area contributed by atoms with Crippen LogP contribution in [0.2, 0.25) is 0 Å². The molecule has 1 aliphatic heterocycles. The van der Waals surface area contributed by atoms with Gasteiger partial charge in [0.05, 0.1) is 6.04 Å². The maximum Gasteiger partial charge on any atom is 0.408 e. The van der Waals surface area contributed by atoms with Gasteiger partial charge in [-0.2, -0.15) is 0 Å². The zero-order valence-electron chi connectivity index (χ0n) is 13.7. The lowest BCUT2D eigenvalue weighted by Crippen LogP contribution is -2.55. The minimum absolute atomic E-state index is 0.0650. The number of rotatable bonds is 5. The van der Waals surface area contributed by atoms with E-state index in [-0.39, 0.29) is 18.2 Å². The van der Waals surface area contributed by atoms with E-state index in [9.17, 15) is 4.79 Å². The van der Waals surface area contributed by atoms with E-state index in [1.54, 1.807) is 0 Å². The van der Waals surface area contributed by atoms with Crippen LogP contribution in [0.5, 0.6) is 0 Å². The molecule has 1 aromatic rings. The summed E-state index contributed by atoms with van der Waals surface area (Å²) in [7, 11) is 0. The van der Waals surface area contributed by atoms with E-state index in [1.165, 1.54) is 0 Å². The summed E-state index contributed by atoms with van der Waals surface area (Å²) in [5, 5.41) is 3.04. The normalized spacial score (nSPS) is 19.9. The van der Waals surface area contributed by atoms with Gasteiger partial charge in [-0.3, -0.25) is 4.90 Å². The minimum atomic E-state index is -0.494. The highest BCUT2D eigenvalue weighted by Gasteiger charge is 2.36. The second-order valence-corrected chi connectivity index (χ2v) is 6.67. The van der Waals surface area contributed by atoms with Crippen molar-refractivity contribution in [2.75, 3.05) is 13.1 Å². The van der Waals surface area contributed by atoms with Gasteiger partial charge in [0.25, 0.3) is 0 Å². The number of amides is 1. The average molecular weight is 302 g/mol. The third-order valence-electron chi connectivity index (χ3n) is 3.76. The second-order valence-electron chi connectivity index (χ2n) is 6.67. The molecule has 1 saturated heterocycles. The summed E-state index contributed by atoms with van der Waals surface area (Å²) >= 11 is 0. The van der Waals surface area contributed by atoms with Gasteiger partial charge in [0.2, 0.25) is 0 Å². The van der Waals surface area contributed by atoms with Gasteiger partial charge in [-0.15, -0.1) is 6.58 Å². The van der Waals surface area contributed by atoms with Crippen molar-refractivity contribution >= 4 is 6.09 Å². The molecule has 1 aliphatic rings. The van der Waals surface area contributed by atoms with E-state index in [1.807, 2.05) is 57.2 Å². The number of hydrogen-bond donors (Lipinski definition) is 1. The minimum Gasteiger partial charge on any atom is -0.444 e. The van der Waals surface area contributed by atoms with Crippen LogP contribution in [-0.2, 0) is 4.74 Å². The average Bonchev–Trinajstić information content (AvgIpc) is 2.42. The van der Waals surface area contributed by atoms with Gasteiger partial charge in [0, 0.05) is 19.1 Å². The molecular weight excluding hydrogens is 276 g/mol. The molecule has 120 valence electrons. The van der Waals surface area contributed by atoms with Crippen molar-refractivity contribution < 1.29 is 9.53 Å². The van der Waals surface area contributed by atoms with Crippen molar-refractivity contribution in [3.63, 3.8) is 0 Å². The number of ether oxygens (including phenoxy) is 1. The highest BCUT2D eigenvalue weighted by Crippen LogP contribution is 2.30. The summed E-state index contributed by atoms with van der Waals surface area (Å²) in [5.74, 6) is 0. The Morgan fingerprint density at radius 2 is 2.14 bits per heavy atom. The van der Waals surface area contributed by atoms with Crippen molar-refractivity contribution in [1.29, 1.82) is 0 Å². The molecule has 1 heterocycles. The molecule has 2 rings (SSSR count). The summed E-state index contributed by atoms with van der Waals surface area (Å²) < 4.78 is 5.41. The van der Waals surface area contributed by atoms with Gasteiger partial charge >= 0.3 is 6.09 Å². The fourth-order valence-electron chi connectivity index (χ4n) is 2.73. The van der Waals surface area contributed by atoms with Crippen molar-refractivity contribution in [2.45, 2.75) is 44.9 Å². The lowest BCUT2D eigenvalue weighted by Gasteiger charge is -2.45. The zero-order chi connectivity index (χ0) is 16.2. The number of likely N-dealkylation sites (tertiary alicyclic amines) is 1. The Labute approximate surface area is 133 Å². The Balaban J connectivity index is 2.12. The standard InChI is InChI=1S/C18H26N2O2/c1-5-12-20-13-11-15(20)16(14-9-7-6-8-10-14)19-17(21)22-18(2,3)4/h5-10,15-16H,1,11-13H2,2-4H3,(H,19,21)/t15-,16-/m0/s1. The molecule has 0 unspecified atom stereocenters. The van der Waals surface area contributed by atoms with E-state index >= 15 is 0 Å². The molecule has 0 bridgehead atoms. The zero-order valence-corrected chi connectivity index (χ0v) is 13.7. The van der Waals surface area contributed by atoms with Gasteiger partial charge in [0.15, 0.2) is 0 Å². The van der Waals surface area contributed by atoms with Crippen molar-refractivity contribution in [2.24, 2.45) is 0 Å². The van der Waals surface area contributed by atoms with E-state index in [4.69, 9.17) is 4.74 Å². The Kier molecular flexibility index (Phi) is 5.24. The summed E-state index contributed by atoms with van der Waals surface area (Å²) in [6.07, 6.45) is 2.59. The number of alkyl carbamates (subject to hydrolysis) is 1. The third-order valence-corrected chi connectivity index (χ3v) is 3.76. The number of carbonyl (C=O) groups excluding carboxylic acids is 1. The molecule has 0 radical (unpaired) electrons. The first-order chi connectivity index (χ1) is 10.4. The molecule has 22 heavy (non-hydrogen) atoms.